The van der Waals surface area contributed by atoms with Crippen molar-refractivity contribution in [3.05, 3.63) is 59.0 Å². The Balaban J connectivity index is 1.43. The maximum Gasteiger partial charge on any atom is 0.261 e. The number of piperidine rings is 1. The van der Waals surface area contributed by atoms with E-state index in [1.54, 1.807) is 13.3 Å². The average Bonchev–Trinajstić information content (AvgIpc) is 3.58. The first-order chi connectivity index (χ1) is 17.8. The summed E-state index contributed by atoms with van der Waals surface area (Å²) < 4.78 is 6.56. The molecular formula is C28H29N5O3S. The van der Waals surface area contributed by atoms with Gasteiger partial charge in [0.2, 0.25) is 0 Å². The molecule has 5 heterocycles. The van der Waals surface area contributed by atoms with Gasteiger partial charge in [-0.3, -0.25) is 14.9 Å². The van der Waals surface area contributed by atoms with Crippen LogP contribution in [0.25, 0.3) is 32.3 Å². The fourth-order valence-corrected chi connectivity index (χ4v) is 6.27. The molecule has 4 aromatic rings. The molecule has 0 radical (unpaired) electrons. The van der Waals surface area contributed by atoms with E-state index in [2.05, 4.69) is 29.0 Å². The lowest BCUT2D eigenvalue weighted by Crippen LogP contribution is -2.43. The summed E-state index contributed by atoms with van der Waals surface area (Å²) in [4.78, 5) is 41.9. The number of fused-ring (bicyclic) bond motifs is 2. The molecule has 2 amide bonds. The molecule has 0 atom stereocenters. The van der Waals surface area contributed by atoms with Crippen LogP contribution in [0.5, 0.6) is 0 Å². The zero-order valence-electron chi connectivity index (χ0n) is 21.1. The summed E-state index contributed by atoms with van der Waals surface area (Å²) in [7, 11) is 1.75. The highest BCUT2D eigenvalue weighted by Gasteiger charge is 2.36. The largest absolute Gasteiger partial charge is 0.377 e. The van der Waals surface area contributed by atoms with E-state index in [0.717, 1.165) is 65.0 Å². The number of benzene rings is 1. The van der Waals surface area contributed by atoms with Gasteiger partial charge >= 0.3 is 0 Å². The van der Waals surface area contributed by atoms with E-state index in [4.69, 9.17) is 14.7 Å². The highest BCUT2D eigenvalue weighted by molar-refractivity contribution is 7.17. The Bertz CT molecular complexity index is 1560. The number of imide groups is 1. The second kappa shape index (κ2) is 9.16. The third kappa shape index (κ3) is 4.27. The van der Waals surface area contributed by atoms with Crippen LogP contribution in [0.1, 0.15) is 49.7 Å². The van der Waals surface area contributed by atoms with E-state index in [0.29, 0.717) is 16.8 Å². The number of aromatic amines is 1. The summed E-state index contributed by atoms with van der Waals surface area (Å²) in [6, 6.07) is 9.69. The number of ether oxygens (including phenoxy) is 1. The maximum absolute atomic E-state index is 13.2. The van der Waals surface area contributed by atoms with Crippen LogP contribution in [-0.2, 0) is 14.3 Å². The van der Waals surface area contributed by atoms with Crippen LogP contribution in [0, 0.1) is 0 Å². The molecule has 0 aliphatic carbocycles. The topological polar surface area (TPSA) is 100 Å². The number of hydrogen-bond donors (Lipinski definition) is 2. The number of nitrogens with one attached hydrogen (secondary N) is 2. The Morgan fingerprint density at radius 2 is 1.84 bits per heavy atom. The average molecular weight is 516 g/mol. The molecule has 0 spiro atoms. The fraction of sp³-hybridized carbons (Fsp3) is 0.357. The van der Waals surface area contributed by atoms with Crippen molar-refractivity contribution in [2.24, 2.45) is 0 Å². The first-order valence-corrected chi connectivity index (χ1v) is 13.4. The van der Waals surface area contributed by atoms with Gasteiger partial charge in [-0.05, 0) is 57.3 Å². The van der Waals surface area contributed by atoms with Crippen LogP contribution >= 0.6 is 11.3 Å². The number of likely N-dealkylation sites (tertiary alicyclic amines) is 1. The molecule has 2 N–H and O–H groups in total. The molecule has 37 heavy (non-hydrogen) atoms. The number of thiophene rings is 1. The summed E-state index contributed by atoms with van der Waals surface area (Å²) in [5, 5.41) is 5.25. The van der Waals surface area contributed by atoms with Crippen LogP contribution in [0.2, 0.25) is 0 Å². The van der Waals surface area contributed by atoms with Crippen LogP contribution in [0.4, 0.5) is 0 Å². The molecule has 0 saturated carbocycles. The van der Waals surface area contributed by atoms with E-state index in [1.165, 1.54) is 11.3 Å². The van der Waals surface area contributed by atoms with Gasteiger partial charge in [-0.25, -0.2) is 9.97 Å². The maximum atomic E-state index is 13.2. The minimum atomic E-state index is -0.419. The zero-order valence-corrected chi connectivity index (χ0v) is 21.9. The van der Waals surface area contributed by atoms with Crippen LogP contribution < -0.4 is 5.32 Å². The van der Waals surface area contributed by atoms with E-state index >= 15 is 0 Å². The fourth-order valence-electron chi connectivity index (χ4n) is 5.39. The summed E-state index contributed by atoms with van der Waals surface area (Å²) >= 11 is 1.54. The molecule has 2 aliphatic heterocycles. The van der Waals surface area contributed by atoms with Gasteiger partial charge in [0.25, 0.3) is 11.8 Å². The molecule has 6 rings (SSSR count). The standard InChI is InChI=1S/C28H29N5O3S/c1-28(2,36-3)15-33-11-8-16(9-12-33)25-30-19-7-5-4-6-17(19)23(31-25)22-21(26(34)32-27(22)35)18-14-29-20-10-13-37-24(18)20/h4-7,10,13-14,16,29H,8-9,11-12,15H2,1-3H3,(H,32,34,35). The zero-order chi connectivity index (χ0) is 25.7. The first kappa shape index (κ1) is 24.0. The quantitative estimate of drug-likeness (QED) is 0.371. The normalized spacial score (nSPS) is 17.9. The van der Waals surface area contributed by atoms with E-state index in [-0.39, 0.29) is 11.5 Å². The van der Waals surface area contributed by atoms with E-state index in [1.807, 2.05) is 35.7 Å². The molecule has 0 unspecified atom stereocenters. The lowest BCUT2D eigenvalue weighted by atomic mass is 9.93. The second-order valence-corrected chi connectivity index (χ2v) is 11.3. The van der Waals surface area contributed by atoms with Crippen molar-refractivity contribution in [1.29, 1.82) is 0 Å². The minimum Gasteiger partial charge on any atom is -0.377 e. The minimum absolute atomic E-state index is 0.172. The number of carbonyl (C=O) groups is 2. The number of amides is 2. The van der Waals surface area contributed by atoms with Crippen molar-refractivity contribution in [3.8, 4) is 0 Å². The number of carbonyl (C=O) groups excluding carboxylic acids is 2. The smallest absolute Gasteiger partial charge is 0.261 e. The van der Waals surface area contributed by atoms with E-state index in [9.17, 15) is 9.59 Å². The van der Waals surface area contributed by atoms with Gasteiger partial charge < -0.3 is 14.6 Å². The molecule has 0 bridgehead atoms. The third-order valence-corrected chi connectivity index (χ3v) is 8.40. The number of aromatic nitrogens is 3. The Labute approximate surface area is 218 Å². The lowest BCUT2D eigenvalue weighted by Gasteiger charge is -2.36. The molecule has 8 nitrogen and oxygen atoms in total. The Morgan fingerprint density at radius 1 is 1.08 bits per heavy atom. The SMILES string of the molecule is COC(C)(C)CN1CCC(c2nc(C3=C(c4c[nH]c5ccsc45)C(=O)NC3=O)c3ccccc3n2)CC1. The number of rotatable bonds is 6. The van der Waals surface area contributed by atoms with Gasteiger partial charge in [-0.1, -0.05) is 18.2 Å². The summed E-state index contributed by atoms with van der Waals surface area (Å²) in [5.41, 5.74) is 3.45. The third-order valence-electron chi connectivity index (χ3n) is 7.45. The summed E-state index contributed by atoms with van der Waals surface area (Å²) in [5.74, 6) is 0.0874. The molecule has 1 saturated heterocycles. The molecule has 1 aromatic carbocycles. The Morgan fingerprint density at radius 3 is 2.62 bits per heavy atom. The first-order valence-electron chi connectivity index (χ1n) is 12.5. The number of hydrogen-bond acceptors (Lipinski definition) is 7. The Hall–Kier alpha value is -3.40. The molecular weight excluding hydrogens is 486 g/mol. The molecule has 2 aliphatic rings. The summed E-state index contributed by atoms with van der Waals surface area (Å²) in [6.45, 7) is 6.93. The van der Waals surface area contributed by atoms with Crippen LogP contribution in [-0.4, -0.2) is 64.0 Å². The Kier molecular flexibility index (Phi) is 5.94. The monoisotopic (exact) mass is 515 g/mol. The molecule has 9 heteroatoms. The van der Waals surface area contributed by atoms with Crippen molar-refractivity contribution in [1.82, 2.24) is 25.2 Å². The van der Waals surface area contributed by atoms with Gasteiger partial charge in [0.15, 0.2) is 0 Å². The highest BCUT2D eigenvalue weighted by atomic mass is 32.1. The van der Waals surface area contributed by atoms with Crippen LogP contribution in [0.15, 0.2) is 41.9 Å². The number of H-pyrrole nitrogens is 1. The predicted molar refractivity (Wildman–Crippen MR) is 145 cm³/mol. The van der Waals surface area contributed by atoms with Crippen LogP contribution in [0.3, 0.4) is 0 Å². The summed E-state index contributed by atoms with van der Waals surface area (Å²) in [6.07, 6.45) is 3.64. The molecule has 1 fully saturated rings. The van der Waals surface area contributed by atoms with Crippen molar-refractivity contribution in [2.45, 2.75) is 38.2 Å². The van der Waals surface area contributed by atoms with Gasteiger partial charge in [0, 0.05) is 36.7 Å². The predicted octanol–water partition coefficient (Wildman–Crippen LogP) is 4.34. The van der Waals surface area contributed by atoms with Crippen molar-refractivity contribution < 1.29 is 14.3 Å². The number of methoxy groups -OCH3 is 1. The molecule has 190 valence electrons. The van der Waals surface area contributed by atoms with Crippen molar-refractivity contribution >= 4 is 55.4 Å². The van der Waals surface area contributed by atoms with E-state index < -0.39 is 11.8 Å². The lowest BCUT2D eigenvalue weighted by molar-refractivity contribution is -0.122. The molecule has 3 aromatic heterocycles. The second-order valence-electron chi connectivity index (χ2n) is 10.4. The van der Waals surface area contributed by atoms with Crippen molar-refractivity contribution in [3.63, 3.8) is 0 Å². The number of para-hydroxylation sites is 1. The highest BCUT2D eigenvalue weighted by Crippen LogP contribution is 2.39. The van der Waals surface area contributed by atoms with Gasteiger partial charge in [-0.2, -0.15) is 0 Å². The van der Waals surface area contributed by atoms with Gasteiger partial charge in [0.1, 0.15) is 5.82 Å². The van der Waals surface area contributed by atoms with Gasteiger partial charge in [-0.15, -0.1) is 11.3 Å². The number of nitrogens with zero attached hydrogens (tertiary/aromatic N) is 3. The van der Waals surface area contributed by atoms with Crippen molar-refractivity contribution in [2.75, 3.05) is 26.7 Å². The van der Waals surface area contributed by atoms with Gasteiger partial charge in [0.05, 0.1) is 38.2 Å².